The van der Waals surface area contributed by atoms with Crippen LogP contribution in [0.25, 0.3) is 16.7 Å². The van der Waals surface area contributed by atoms with Crippen molar-refractivity contribution < 1.29 is 0 Å². The molecular weight excluding hydrogens is 323 g/mol. The van der Waals surface area contributed by atoms with Gasteiger partial charge in [-0.2, -0.15) is 0 Å². The monoisotopic (exact) mass is 330 g/mol. The van der Waals surface area contributed by atoms with Gasteiger partial charge in [0.25, 0.3) is 0 Å². The maximum Gasteiger partial charge on any atom is 0.167 e. The van der Waals surface area contributed by atoms with E-state index in [1.54, 1.807) is 9.12 Å². The molecule has 0 saturated heterocycles. The number of hydrogen-bond acceptors (Lipinski definition) is 3. The van der Waals surface area contributed by atoms with Gasteiger partial charge in [-0.05, 0) is 13.0 Å². The van der Waals surface area contributed by atoms with E-state index in [0.29, 0.717) is 0 Å². The van der Waals surface area contributed by atoms with Crippen LogP contribution in [0.15, 0.2) is 24.7 Å². The van der Waals surface area contributed by atoms with Gasteiger partial charge >= 0.3 is 0 Å². The molecule has 0 N–H and O–H groups in total. The van der Waals surface area contributed by atoms with Gasteiger partial charge in [-0.3, -0.25) is 8.37 Å². The molecule has 0 aliphatic carbocycles. The molecule has 0 amide bonds. The molecule has 3 aromatic heterocycles. The average molecular weight is 330 g/mol. The second-order valence-corrected chi connectivity index (χ2v) is 4.96. The first-order chi connectivity index (χ1) is 7.31. The number of imidazole rings is 1. The Kier molecular flexibility index (Phi) is 2.13. The van der Waals surface area contributed by atoms with E-state index < -0.39 is 0 Å². The number of rotatable bonds is 1. The largest absolute Gasteiger partial charge is 0.292 e. The van der Waals surface area contributed by atoms with Gasteiger partial charge in [0.15, 0.2) is 5.65 Å². The van der Waals surface area contributed by atoms with Crippen LogP contribution in [0.5, 0.6) is 0 Å². The smallest absolute Gasteiger partial charge is 0.167 e. The van der Waals surface area contributed by atoms with Crippen molar-refractivity contribution in [3.63, 3.8) is 0 Å². The van der Waals surface area contributed by atoms with E-state index in [0.717, 1.165) is 22.5 Å². The summed E-state index contributed by atoms with van der Waals surface area (Å²) < 4.78 is 4.15. The van der Waals surface area contributed by atoms with E-state index >= 15 is 0 Å². The lowest BCUT2D eigenvalue weighted by Gasteiger charge is -2.00. The summed E-state index contributed by atoms with van der Waals surface area (Å²) in [6, 6.07) is 2.07. The van der Waals surface area contributed by atoms with Crippen molar-refractivity contribution in [2.75, 3.05) is 0 Å². The number of halogens is 1. The summed E-state index contributed by atoms with van der Waals surface area (Å²) >= 11 is 2.24. The van der Waals surface area contributed by atoms with Gasteiger partial charge in [-0.1, -0.05) is 0 Å². The van der Waals surface area contributed by atoms with Gasteiger partial charge in [0.2, 0.25) is 0 Å². The zero-order valence-electron chi connectivity index (χ0n) is 7.88. The number of aryl methyl sites for hydroxylation is 1. The Morgan fingerprint density at radius 1 is 1.33 bits per heavy atom. The number of aromatic nitrogens is 4. The molecule has 0 aliphatic rings. The maximum atomic E-state index is 4.43. The fraction of sp³-hybridized carbons (Fsp3) is 0.111. The maximum absolute atomic E-state index is 4.43. The molecule has 15 heavy (non-hydrogen) atoms. The van der Waals surface area contributed by atoms with E-state index in [1.807, 2.05) is 29.5 Å². The first kappa shape index (κ1) is 9.46. The topological polar surface area (TPSA) is 35.1 Å². The summed E-state index contributed by atoms with van der Waals surface area (Å²) in [7, 11) is 1.61. The third-order valence-electron chi connectivity index (χ3n) is 2.41. The molecule has 6 heteroatoms. The molecule has 0 aromatic carbocycles. The van der Waals surface area contributed by atoms with Crippen LogP contribution in [0.1, 0.15) is 5.82 Å². The second kappa shape index (κ2) is 3.38. The Morgan fingerprint density at radius 2 is 2.13 bits per heavy atom. The molecule has 3 rings (SSSR count). The van der Waals surface area contributed by atoms with Crippen molar-refractivity contribution in [3.05, 3.63) is 30.5 Å². The van der Waals surface area contributed by atoms with E-state index in [4.69, 9.17) is 0 Å². The van der Waals surface area contributed by atoms with E-state index in [1.165, 1.54) is 0 Å². The fourth-order valence-electron chi connectivity index (χ4n) is 1.74. The third-order valence-corrected chi connectivity index (χ3v) is 4.12. The van der Waals surface area contributed by atoms with Crippen LogP contribution in [-0.2, 0) is 0 Å². The Balaban J connectivity index is 2.54. The molecular formula is C9H7IN4S. The SMILES string of the molecule is Cc1ncc2cnc3c(ccn3SI)n12. The third kappa shape index (κ3) is 1.27. The van der Waals surface area contributed by atoms with Gasteiger partial charge in [0.05, 0.1) is 23.4 Å². The zero-order valence-corrected chi connectivity index (χ0v) is 10.9. The number of nitrogens with zero attached hydrogens (tertiary/aromatic N) is 4. The highest BCUT2D eigenvalue weighted by molar-refractivity contribution is 14.2. The van der Waals surface area contributed by atoms with Crippen molar-refractivity contribution in [1.29, 1.82) is 0 Å². The molecule has 0 saturated carbocycles. The van der Waals surface area contributed by atoms with Gasteiger partial charge in [-0.25, -0.2) is 9.97 Å². The molecule has 4 nitrogen and oxygen atoms in total. The summed E-state index contributed by atoms with van der Waals surface area (Å²) in [5.41, 5.74) is 3.12. The molecule has 3 aromatic rings. The van der Waals surface area contributed by atoms with E-state index in [2.05, 4.69) is 41.6 Å². The minimum absolute atomic E-state index is 0.975. The number of fused-ring (bicyclic) bond motifs is 3. The van der Waals surface area contributed by atoms with Gasteiger partial charge < -0.3 is 0 Å². The molecule has 0 spiro atoms. The molecule has 0 radical (unpaired) electrons. The van der Waals surface area contributed by atoms with Gasteiger partial charge in [0, 0.05) is 36.5 Å². The van der Waals surface area contributed by atoms with Crippen LogP contribution in [0.2, 0.25) is 0 Å². The van der Waals surface area contributed by atoms with Crippen molar-refractivity contribution in [3.8, 4) is 0 Å². The normalized spacial score (nSPS) is 11.6. The van der Waals surface area contributed by atoms with Crippen molar-refractivity contribution in [2.45, 2.75) is 6.92 Å². The van der Waals surface area contributed by atoms with E-state index in [-0.39, 0.29) is 0 Å². The van der Waals surface area contributed by atoms with Gasteiger partial charge in [0.1, 0.15) is 5.82 Å². The Hall–Kier alpha value is -0.760. The lowest BCUT2D eigenvalue weighted by molar-refractivity contribution is 1.07. The van der Waals surface area contributed by atoms with Gasteiger partial charge in [-0.15, -0.1) is 0 Å². The van der Waals surface area contributed by atoms with Crippen molar-refractivity contribution >= 4 is 47.0 Å². The first-order valence-electron chi connectivity index (χ1n) is 4.40. The summed E-state index contributed by atoms with van der Waals surface area (Å²) in [6.07, 6.45) is 5.72. The van der Waals surface area contributed by atoms with E-state index in [9.17, 15) is 0 Å². The lowest BCUT2D eigenvalue weighted by atomic mass is 10.4. The minimum atomic E-state index is 0.975. The molecule has 0 fully saturated rings. The van der Waals surface area contributed by atoms with Crippen LogP contribution in [0.4, 0.5) is 0 Å². The molecule has 3 heterocycles. The quantitative estimate of drug-likeness (QED) is 0.644. The average Bonchev–Trinajstić information content (AvgIpc) is 2.81. The summed E-state index contributed by atoms with van der Waals surface area (Å²) in [6.45, 7) is 2.00. The molecule has 76 valence electrons. The van der Waals surface area contributed by atoms with Crippen LogP contribution in [-0.4, -0.2) is 18.3 Å². The second-order valence-electron chi connectivity index (χ2n) is 3.24. The fourth-order valence-corrected chi connectivity index (χ4v) is 3.01. The van der Waals surface area contributed by atoms with Crippen molar-refractivity contribution in [2.24, 2.45) is 0 Å². The van der Waals surface area contributed by atoms with Crippen LogP contribution < -0.4 is 0 Å². The molecule has 0 unspecified atom stereocenters. The lowest BCUT2D eigenvalue weighted by Crippen LogP contribution is -1.92. The van der Waals surface area contributed by atoms with Crippen LogP contribution in [0.3, 0.4) is 0 Å². The standard InChI is InChI=1S/C9H7IN4S/c1-6-11-4-7-5-12-9-8(14(6)7)2-3-13(9)15-10/h2-5H,1H3. The molecule has 0 atom stereocenters. The zero-order chi connectivity index (χ0) is 10.4. The Morgan fingerprint density at radius 3 is 2.93 bits per heavy atom. The predicted molar refractivity (Wildman–Crippen MR) is 70.2 cm³/mol. The first-order valence-corrected chi connectivity index (χ1v) is 7.72. The molecule has 0 bridgehead atoms. The van der Waals surface area contributed by atoms with Crippen LogP contribution in [0, 0.1) is 6.92 Å². The summed E-state index contributed by atoms with van der Waals surface area (Å²) in [5, 5.41) is 0. The summed E-state index contributed by atoms with van der Waals surface area (Å²) in [5.74, 6) is 0.994. The minimum Gasteiger partial charge on any atom is -0.292 e. The highest BCUT2D eigenvalue weighted by atomic mass is 127. The Bertz CT molecular complexity index is 642. The predicted octanol–water partition coefficient (Wildman–Crippen LogP) is 2.84. The highest BCUT2D eigenvalue weighted by Crippen LogP contribution is 2.24. The van der Waals surface area contributed by atoms with Crippen molar-refractivity contribution in [1.82, 2.24) is 18.3 Å². The highest BCUT2D eigenvalue weighted by Gasteiger charge is 2.08. The Labute approximate surface area is 102 Å². The summed E-state index contributed by atoms with van der Waals surface area (Å²) in [4.78, 5) is 8.72. The number of hydrogen-bond donors (Lipinski definition) is 0. The van der Waals surface area contributed by atoms with Crippen LogP contribution >= 0.6 is 30.3 Å². The molecule has 0 aliphatic heterocycles.